The Balaban J connectivity index is 0.000000963. The molecule has 3 heterocycles. The molecule has 3 aliphatic rings. The van der Waals surface area contributed by atoms with E-state index in [1.807, 2.05) is 0 Å². The highest BCUT2D eigenvalue weighted by Gasteiger charge is 2.36. The molecule has 0 spiro atoms. The molecule has 92 valence electrons. The molecule has 2 N–H and O–H groups in total. The predicted octanol–water partition coefficient (Wildman–Crippen LogP) is -0.0195. The number of likely N-dealkylation sites (tertiary alicyclic amines) is 1. The molecule has 2 atom stereocenters. The fraction of sp³-hybridized carbons (Fsp3) is 0.909. The first-order chi connectivity index (χ1) is 7.33. The summed E-state index contributed by atoms with van der Waals surface area (Å²) in [5.74, 6) is 0.649. The first kappa shape index (κ1) is 12.1. The number of amides is 1. The van der Waals surface area contributed by atoms with Gasteiger partial charge in [-0.1, -0.05) is 6.42 Å². The van der Waals surface area contributed by atoms with Gasteiger partial charge in [0.15, 0.2) is 0 Å². The molecule has 4 nitrogen and oxygen atoms in total. The van der Waals surface area contributed by atoms with Gasteiger partial charge in [0.05, 0.1) is 5.92 Å². The minimum Gasteiger partial charge on any atom is -0.339 e. The number of rotatable bonds is 1. The van der Waals surface area contributed by atoms with Crippen molar-refractivity contribution in [1.29, 1.82) is 0 Å². The van der Waals surface area contributed by atoms with Crippen LogP contribution in [0.15, 0.2) is 0 Å². The van der Waals surface area contributed by atoms with Crippen LogP contribution in [0.3, 0.4) is 0 Å². The number of hydrogen-bond donors (Lipinski definition) is 2. The van der Waals surface area contributed by atoms with Gasteiger partial charge in [0.25, 0.3) is 0 Å². The Bertz CT molecular complexity index is 258. The van der Waals surface area contributed by atoms with Crippen molar-refractivity contribution < 1.29 is 4.79 Å². The summed E-state index contributed by atoms with van der Waals surface area (Å²) in [4.78, 5) is 14.2. The van der Waals surface area contributed by atoms with Crippen LogP contribution < -0.4 is 10.6 Å². The number of nitrogens with one attached hydrogen (secondary N) is 2. The van der Waals surface area contributed by atoms with Crippen molar-refractivity contribution in [3.63, 3.8) is 0 Å². The lowest BCUT2D eigenvalue weighted by Crippen LogP contribution is -2.63. The van der Waals surface area contributed by atoms with Gasteiger partial charge < -0.3 is 15.5 Å². The zero-order chi connectivity index (χ0) is 10.3. The third-order valence-corrected chi connectivity index (χ3v) is 3.90. The molecule has 0 saturated carbocycles. The number of carbonyl (C=O) groups is 1. The summed E-state index contributed by atoms with van der Waals surface area (Å²) in [7, 11) is 0. The van der Waals surface area contributed by atoms with E-state index in [1.54, 1.807) is 0 Å². The zero-order valence-electron chi connectivity index (χ0n) is 9.45. The van der Waals surface area contributed by atoms with E-state index in [2.05, 4.69) is 15.5 Å². The second-order valence-corrected chi connectivity index (χ2v) is 5.09. The molecule has 0 aliphatic carbocycles. The largest absolute Gasteiger partial charge is 0.339 e. The fourth-order valence-electron chi connectivity index (χ4n) is 2.91. The molecule has 3 saturated heterocycles. The van der Waals surface area contributed by atoms with Crippen LogP contribution in [0, 0.1) is 5.92 Å². The van der Waals surface area contributed by atoms with Crippen LogP contribution in [0.4, 0.5) is 0 Å². The van der Waals surface area contributed by atoms with E-state index in [0.29, 0.717) is 18.0 Å². The highest BCUT2D eigenvalue weighted by molar-refractivity contribution is 5.85. The summed E-state index contributed by atoms with van der Waals surface area (Å²) in [5, 5.41) is 6.77. The van der Waals surface area contributed by atoms with Crippen molar-refractivity contribution in [3.05, 3.63) is 0 Å². The van der Waals surface area contributed by atoms with E-state index < -0.39 is 0 Å². The molecule has 16 heavy (non-hydrogen) atoms. The lowest BCUT2D eigenvalue weighted by molar-refractivity contribution is -0.139. The summed E-state index contributed by atoms with van der Waals surface area (Å²) < 4.78 is 0. The minimum absolute atomic E-state index is 0. The van der Waals surface area contributed by atoms with Crippen molar-refractivity contribution in [2.75, 3.05) is 26.2 Å². The van der Waals surface area contributed by atoms with E-state index in [4.69, 9.17) is 0 Å². The molecule has 0 radical (unpaired) electrons. The van der Waals surface area contributed by atoms with E-state index in [0.717, 1.165) is 26.2 Å². The van der Waals surface area contributed by atoms with Crippen LogP contribution in [-0.4, -0.2) is 49.1 Å². The third kappa shape index (κ3) is 2.19. The molecule has 3 aliphatic heterocycles. The average molecular weight is 246 g/mol. The van der Waals surface area contributed by atoms with Gasteiger partial charge in [-0.2, -0.15) is 0 Å². The van der Waals surface area contributed by atoms with Gasteiger partial charge in [-0.25, -0.2) is 0 Å². The van der Waals surface area contributed by atoms with E-state index in [9.17, 15) is 4.79 Å². The van der Waals surface area contributed by atoms with E-state index >= 15 is 0 Å². The Morgan fingerprint density at radius 3 is 2.25 bits per heavy atom. The van der Waals surface area contributed by atoms with Crippen LogP contribution in [0.25, 0.3) is 0 Å². The van der Waals surface area contributed by atoms with Crippen molar-refractivity contribution >= 4 is 18.3 Å². The molecule has 0 aromatic rings. The Morgan fingerprint density at radius 2 is 1.75 bits per heavy atom. The predicted molar refractivity (Wildman–Crippen MR) is 64.8 cm³/mol. The molecular weight excluding hydrogens is 226 g/mol. The zero-order valence-corrected chi connectivity index (χ0v) is 10.3. The van der Waals surface area contributed by atoms with Crippen LogP contribution >= 0.6 is 12.4 Å². The van der Waals surface area contributed by atoms with Crippen LogP contribution in [0.1, 0.15) is 19.3 Å². The van der Waals surface area contributed by atoms with Gasteiger partial charge >= 0.3 is 0 Å². The van der Waals surface area contributed by atoms with E-state index in [1.165, 1.54) is 19.3 Å². The molecule has 1 amide bonds. The Kier molecular flexibility index (Phi) is 3.72. The van der Waals surface area contributed by atoms with Gasteiger partial charge in [-0.05, 0) is 12.8 Å². The van der Waals surface area contributed by atoms with Gasteiger partial charge in [-0.15, -0.1) is 12.4 Å². The first-order valence-corrected chi connectivity index (χ1v) is 6.08. The molecular formula is C11H20ClN3O. The second kappa shape index (κ2) is 4.90. The van der Waals surface area contributed by atoms with Crippen LogP contribution in [0.5, 0.6) is 0 Å². The lowest BCUT2D eigenvalue weighted by Gasteiger charge is -2.44. The summed E-state index contributed by atoms with van der Waals surface area (Å²) in [5.41, 5.74) is 0. The van der Waals surface area contributed by atoms with Gasteiger partial charge in [0.2, 0.25) is 5.91 Å². The standard InChI is InChI=1S/C11H19N3O.ClH/c15-11(8-4-12-5-8)14-6-9-2-1-3-10(7-14)13-9;/h8-10,12-13H,1-7H2;1H. The smallest absolute Gasteiger partial charge is 0.228 e. The maximum absolute atomic E-state index is 12.1. The lowest BCUT2D eigenvalue weighted by atomic mass is 9.92. The van der Waals surface area contributed by atoms with Crippen molar-refractivity contribution in [2.45, 2.75) is 31.3 Å². The number of fused-ring (bicyclic) bond motifs is 2. The van der Waals surface area contributed by atoms with Crippen LogP contribution in [0.2, 0.25) is 0 Å². The number of nitrogens with zero attached hydrogens (tertiary/aromatic N) is 1. The second-order valence-electron chi connectivity index (χ2n) is 5.09. The highest BCUT2D eigenvalue weighted by atomic mass is 35.5. The van der Waals surface area contributed by atoms with Crippen LogP contribution in [-0.2, 0) is 4.79 Å². The SMILES string of the molecule is Cl.O=C(C1CNC1)N1CC2CCCC(C1)N2. The topological polar surface area (TPSA) is 44.4 Å². The number of piperazine rings is 1. The fourth-order valence-corrected chi connectivity index (χ4v) is 2.91. The molecule has 2 unspecified atom stereocenters. The summed E-state index contributed by atoms with van der Waals surface area (Å²) >= 11 is 0. The average Bonchev–Trinajstić information content (AvgIpc) is 2.14. The Hall–Kier alpha value is -0.320. The van der Waals surface area contributed by atoms with E-state index in [-0.39, 0.29) is 18.3 Å². The number of hydrogen-bond acceptors (Lipinski definition) is 3. The van der Waals surface area contributed by atoms with Crippen molar-refractivity contribution in [2.24, 2.45) is 5.92 Å². The maximum atomic E-state index is 12.1. The highest BCUT2D eigenvalue weighted by Crippen LogP contribution is 2.21. The monoisotopic (exact) mass is 245 g/mol. The molecule has 3 fully saturated rings. The Morgan fingerprint density at radius 1 is 1.12 bits per heavy atom. The number of carbonyl (C=O) groups excluding carboxylic acids is 1. The van der Waals surface area contributed by atoms with Crippen molar-refractivity contribution in [3.8, 4) is 0 Å². The summed E-state index contributed by atoms with van der Waals surface area (Å²) in [6.07, 6.45) is 3.81. The molecule has 0 aromatic carbocycles. The Labute approximate surface area is 103 Å². The molecule has 5 heteroatoms. The number of halogens is 1. The molecule has 3 rings (SSSR count). The quantitative estimate of drug-likeness (QED) is 0.683. The van der Waals surface area contributed by atoms with Crippen molar-refractivity contribution in [1.82, 2.24) is 15.5 Å². The van der Waals surface area contributed by atoms with Gasteiger partial charge in [0, 0.05) is 38.3 Å². The third-order valence-electron chi connectivity index (χ3n) is 3.90. The normalized spacial score (nSPS) is 33.9. The molecule has 0 aromatic heterocycles. The maximum Gasteiger partial charge on any atom is 0.228 e. The summed E-state index contributed by atoms with van der Waals surface area (Å²) in [6, 6.07) is 1.13. The number of piperidine rings is 1. The van der Waals surface area contributed by atoms with Gasteiger partial charge in [0.1, 0.15) is 0 Å². The minimum atomic E-state index is 0. The first-order valence-electron chi connectivity index (χ1n) is 6.08. The summed E-state index contributed by atoms with van der Waals surface area (Å²) in [6.45, 7) is 3.65. The molecule has 2 bridgehead atoms. The van der Waals surface area contributed by atoms with Gasteiger partial charge in [-0.3, -0.25) is 4.79 Å².